The van der Waals surface area contributed by atoms with Gasteiger partial charge >= 0.3 is 12.1 Å². The van der Waals surface area contributed by atoms with Gasteiger partial charge in [-0.25, -0.2) is 0 Å². The third kappa shape index (κ3) is 2.32. The van der Waals surface area contributed by atoms with Crippen molar-refractivity contribution in [1.29, 1.82) is 0 Å². The van der Waals surface area contributed by atoms with Crippen LogP contribution in [0.15, 0.2) is 12.1 Å². The SMILES string of the molecule is CC1(C)CCN(C(=O)C(F)(F)F)c2c1ccc(N)c2Cl. The second kappa shape index (κ2) is 4.55. The van der Waals surface area contributed by atoms with Gasteiger partial charge in [0.2, 0.25) is 0 Å². The molecule has 1 aromatic rings. The minimum atomic E-state index is -4.94. The highest BCUT2D eigenvalue weighted by atomic mass is 35.5. The van der Waals surface area contributed by atoms with Crippen LogP contribution in [0, 0.1) is 0 Å². The van der Waals surface area contributed by atoms with Gasteiger partial charge in [-0.15, -0.1) is 0 Å². The highest BCUT2D eigenvalue weighted by Gasteiger charge is 2.46. The first-order chi connectivity index (χ1) is 9.05. The third-order valence-electron chi connectivity index (χ3n) is 3.59. The summed E-state index contributed by atoms with van der Waals surface area (Å²) in [4.78, 5) is 12.2. The van der Waals surface area contributed by atoms with Crippen LogP contribution in [0.25, 0.3) is 0 Å². The van der Waals surface area contributed by atoms with E-state index in [1.54, 1.807) is 12.1 Å². The molecule has 0 fully saturated rings. The molecule has 0 aromatic heterocycles. The molecule has 0 saturated heterocycles. The number of nitrogens with zero attached hydrogens (tertiary/aromatic N) is 1. The number of hydrogen-bond donors (Lipinski definition) is 1. The number of hydrogen-bond acceptors (Lipinski definition) is 2. The van der Waals surface area contributed by atoms with Crippen LogP contribution in [0.1, 0.15) is 25.8 Å². The maximum absolute atomic E-state index is 12.7. The Kier molecular flexibility index (Phi) is 3.40. The van der Waals surface area contributed by atoms with Crippen molar-refractivity contribution in [2.75, 3.05) is 17.2 Å². The lowest BCUT2D eigenvalue weighted by molar-refractivity contribution is -0.170. The van der Waals surface area contributed by atoms with Crippen LogP contribution >= 0.6 is 11.6 Å². The Morgan fingerprint density at radius 1 is 1.40 bits per heavy atom. The summed E-state index contributed by atoms with van der Waals surface area (Å²) in [5.74, 6) is -1.92. The minimum Gasteiger partial charge on any atom is -0.397 e. The Labute approximate surface area is 119 Å². The number of carbonyl (C=O) groups excluding carboxylic acids is 1. The van der Waals surface area contributed by atoms with E-state index < -0.39 is 12.1 Å². The molecule has 3 nitrogen and oxygen atoms in total. The van der Waals surface area contributed by atoms with E-state index >= 15 is 0 Å². The molecule has 1 heterocycles. The summed E-state index contributed by atoms with van der Waals surface area (Å²) in [6.45, 7) is 3.75. The second-order valence-electron chi connectivity index (χ2n) is 5.45. The topological polar surface area (TPSA) is 46.3 Å². The molecule has 20 heavy (non-hydrogen) atoms. The van der Waals surface area contributed by atoms with E-state index in [0.717, 1.165) is 0 Å². The predicted octanol–water partition coefficient (Wildman–Crippen LogP) is 3.50. The van der Waals surface area contributed by atoms with Gasteiger partial charge in [-0.2, -0.15) is 13.2 Å². The molecular weight excluding hydrogens is 293 g/mol. The zero-order valence-corrected chi connectivity index (χ0v) is 11.8. The summed E-state index contributed by atoms with van der Waals surface area (Å²) >= 11 is 6.04. The zero-order valence-electron chi connectivity index (χ0n) is 11.0. The van der Waals surface area contributed by atoms with E-state index in [0.29, 0.717) is 16.9 Å². The van der Waals surface area contributed by atoms with Gasteiger partial charge in [0.15, 0.2) is 0 Å². The number of fused-ring (bicyclic) bond motifs is 1. The molecule has 0 bridgehead atoms. The van der Waals surface area contributed by atoms with Crippen molar-refractivity contribution < 1.29 is 18.0 Å². The molecule has 2 rings (SSSR count). The summed E-state index contributed by atoms with van der Waals surface area (Å²) < 4.78 is 38.1. The molecule has 1 aliphatic heterocycles. The fourth-order valence-electron chi connectivity index (χ4n) is 2.38. The first-order valence-electron chi connectivity index (χ1n) is 6.03. The van der Waals surface area contributed by atoms with Crippen LogP contribution in [0.4, 0.5) is 24.5 Å². The smallest absolute Gasteiger partial charge is 0.397 e. The molecule has 0 spiro atoms. The van der Waals surface area contributed by atoms with Gasteiger partial charge in [0.05, 0.1) is 16.4 Å². The van der Waals surface area contributed by atoms with Crippen LogP contribution in [-0.2, 0) is 10.2 Å². The fourth-order valence-corrected chi connectivity index (χ4v) is 2.65. The summed E-state index contributed by atoms with van der Waals surface area (Å²) in [6.07, 6.45) is -4.52. The van der Waals surface area contributed by atoms with Gasteiger partial charge < -0.3 is 10.6 Å². The van der Waals surface area contributed by atoms with Gasteiger partial charge in [-0.05, 0) is 23.5 Å². The average molecular weight is 307 g/mol. The van der Waals surface area contributed by atoms with Gasteiger partial charge in [0.25, 0.3) is 0 Å². The Hall–Kier alpha value is -1.43. The first kappa shape index (κ1) is 15.0. The minimum absolute atomic E-state index is 0.00660. The van der Waals surface area contributed by atoms with Crippen LogP contribution < -0.4 is 10.6 Å². The van der Waals surface area contributed by atoms with Crippen LogP contribution in [0.3, 0.4) is 0 Å². The quantitative estimate of drug-likeness (QED) is 0.746. The van der Waals surface area contributed by atoms with E-state index in [1.165, 1.54) is 0 Å². The maximum atomic E-state index is 12.7. The lowest BCUT2D eigenvalue weighted by atomic mass is 9.77. The van der Waals surface area contributed by atoms with E-state index in [1.807, 2.05) is 13.8 Å². The zero-order chi connectivity index (χ0) is 15.3. The highest BCUT2D eigenvalue weighted by Crippen LogP contribution is 2.46. The fraction of sp³-hybridized carbons (Fsp3) is 0.462. The third-order valence-corrected chi connectivity index (χ3v) is 3.99. The molecule has 2 N–H and O–H groups in total. The molecule has 0 unspecified atom stereocenters. The van der Waals surface area contributed by atoms with E-state index in [4.69, 9.17) is 17.3 Å². The molecule has 0 atom stereocenters. The van der Waals surface area contributed by atoms with Gasteiger partial charge in [-0.1, -0.05) is 31.5 Å². The van der Waals surface area contributed by atoms with E-state index in [2.05, 4.69) is 0 Å². The van der Waals surface area contributed by atoms with Crippen LogP contribution in [0.2, 0.25) is 5.02 Å². The Morgan fingerprint density at radius 3 is 2.55 bits per heavy atom. The summed E-state index contributed by atoms with van der Waals surface area (Å²) in [7, 11) is 0. The number of nitrogen functional groups attached to an aromatic ring is 1. The molecule has 1 aliphatic rings. The Bertz CT molecular complexity index is 569. The summed E-state index contributed by atoms with van der Waals surface area (Å²) in [5, 5.41) is -0.00660. The van der Waals surface area contributed by atoms with E-state index in [9.17, 15) is 18.0 Å². The highest BCUT2D eigenvalue weighted by molar-refractivity contribution is 6.36. The number of amides is 1. The number of nitrogens with two attached hydrogens (primary N) is 1. The van der Waals surface area contributed by atoms with Crippen LogP contribution in [0.5, 0.6) is 0 Å². The van der Waals surface area contributed by atoms with Crippen molar-refractivity contribution in [3.63, 3.8) is 0 Å². The Balaban J connectivity index is 2.63. The molecule has 110 valence electrons. The largest absolute Gasteiger partial charge is 0.471 e. The van der Waals surface area contributed by atoms with Gasteiger partial charge in [-0.3, -0.25) is 4.79 Å². The lowest BCUT2D eigenvalue weighted by Gasteiger charge is -2.40. The molecule has 0 aliphatic carbocycles. The number of halogens is 4. The second-order valence-corrected chi connectivity index (χ2v) is 5.83. The van der Waals surface area contributed by atoms with Crippen LogP contribution in [-0.4, -0.2) is 18.6 Å². The summed E-state index contributed by atoms with van der Waals surface area (Å²) in [5.41, 5.74) is 6.11. The van der Waals surface area contributed by atoms with Crippen molar-refractivity contribution in [2.45, 2.75) is 31.9 Å². The van der Waals surface area contributed by atoms with Crippen molar-refractivity contribution in [1.82, 2.24) is 0 Å². The van der Waals surface area contributed by atoms with Gasteiger partial charge in [0, 0.05) is 6.54 Å². The normalized spacial score (nSPS) is 17.8. The van der Waals surface area contributed by atoms with Crippen molar-refractivity contribution >= 4 is 28.9 Å². The number of benzene rings is 1. The lowest BCUT2D eigenvalue weighted by Crippen LogP contribution is -2.47. The van der Waals surface area contributed by atoms with Crippen molar-refractivity contribution in [2.24, 2.45) is 0 Å². The standard InChI is InChI=1S/C13H14ClF3N2O/c1-12(2)5-6-19(11(20)13(15,16)17)10-7(12)3-4-8(18)9(10)14/h3-4H,5-6,18H2,1-2H3. The van der Waals surface area contributed by atoms with E-state index in [-0.39, 0.29) is 28.4 Å². The predicted molar refractivity (Wildman–Crippen MR) is 71.9 cm³/mol. The number of rotatable bonds is 0. The number of anilines is 2. The van der Waals surface area contributed by atoms with Crippen molar-refractivity contribution in [3.8, 4) is 0 Å². The van der Waals surface area contributed by atoms with Crippen molar-refractivity contribution in [3.05, 3.63) is 22.7 Å². The molecule has 1 aromatic carbocycles. The first-order valence-corrected chi connectivity index (χ1v) is 6.40. The molecule has 1 amide bonds. The molecule has 0 saturated carbocycles. The average Bonchev–Trinajstić information content (AvgIpc) is 2.32. The summed E-state index contributed by atoms with van der Waals surface area (Å²) in [6, 6.07) is 3.18. The monoisotopic (exact) mass is 306 g/mol. The number of alkyl halides is 3. The molecular formula is C13H14ClF3N2O. The maximum Gasteiger partial charge on any atom is 0.471 e. The Morgan fingerprint density at radius 2 is 2.00 bits per heavy atom. The molecule has 0 radical (unpaired) electrons. The number of carbonyl (C=O) groups is 1. The molecule has 7 heteroatoms. The van der Waals surface area contributed by atoms with Gasteiger partial charge in [0.1, 0.15) is 0 Å².